The third-order valence-electron chi connectivity index (χ3n) is 4.52. The number of hydrogen-bond acceptors (Lipinski definition) is 10. The summed E-state index contributed by atoms with van der Waals surface area (Å²) >= 11 is 1.10. The molecule has 11 nitrogen and oxygen atoms in total. The highest BCUT2D eigenvalue weighted by Crippen LogP contribution is 2.23. The average Bonchev–Trinajstić information content (AvgIpc) is 3.21. The third-order valence-corrected chi connectivity index (χ3v) is 5.27. The Balaban J connectivity index is 1.60. The summed E-state index contributed by atoms with van der Waals surface area (Å²) < 4.78 is 11.5. The van der Waals surface area contributed by atoms with E-state index in [1.54, 1.807) is 0 Å². The molecule has 3 rings (SSSR count). The van der Waals surface area contributed by atoms with Crippen LogP contribution in [-0.4, -0.2) is 40.5 Å². The second-order valence-corrected chi connectivity index (χ2v) is 8.28. The second-order valence-electron chi connectivity index (χ2n) is 7.19. The van der Waals surface area contributed by atoms with E-state index in [2.05, 4.69) is 33.7 Å². The van der Waals surface area contributed by atoms with Crippen LogP contribution in [0.2, 0.25) is 0 Å². The standard InChI is InChI=1S/C22H24N6O5S/c1-3-15-8-14(2)9-18(10-15)32-6-7-33-19-5-4-17(28(30)31)11-16(19)13-24-25-20(29)12-21-26-27-22(23)34-21/h4-5,8-11,13H,3,6-7,12H2,1-2H3,(H2,23,27)(H,25,29)/b24-13+. The molecule has 0 unspecified atom stereocenters. The van der Waals surface area contributed by atoms with E-state index in [1.807, 2.05) is 19.1 Å². The third kappa shape index (κ3) is 7.24. The van der Waals surface area contributed by atoms with Gasteiger partial charge in [-0.15, -0.1) is 10.2 Å². The molecule has 1 amide bonds. The number of nitrogens with zero attached hydrogens (tertiary/aromatic N) is 4. The molecular weight excluding hydrogens is 460 g/mol. The minimum absolute atomic E-state index is 0.0411. The summed E-state index contributed by atoms with van der Waals surface area (Å²) in [6.45, 7) is 4.57. The van der Waals surface area contributed by atoms with Gasteiger partial charge in [0, 0.05) is 17.7 Å². The van der Waals surface area contributed by atoms with E-state index in [-0.39, 0.29) is 30.5 Å². The normalized spacial score (nSPS) is 10.9. The average molecular weight is 485 g/mol. The highest BCUT2D eigenvalue weighted by atomic mass is 32.1. The van der Waals surface area contributed by atoms with Gasteiger partial charge in [-0.05, 0) is 42.7 Å². The first-order valence-electron chi connectivity index (χ1n) is 10.4. The summed E-state index contributed by atoms with van der Waals surface area (Å²) in [5.41, 5.74) is 10.3. The number of nitro groups is 1. The van der Waals surface area contributed by atoms with Crippen LogP contribution in [-0.2, 0) is 17.6 Å². The highest BCUT2D eigenvalue weighted by molar-refractivity contribution is 7.15. The number of carbonyl (C=O) groups excluding carboxylic acids is 1. The molecule has 0 spiro atoms. The summed E-state index contributed by atoms with van der Waals surface area (Å²) in [4.78, 5) is 22.6. The molecule has 2 aromatic carbocycles. The molecule has 3 N–H and O–H groups in total. The van der Waals surface area contributed by atoms with Crippen LogP contribution in [0.25, 0.3) is 0 Å². The van der Waals surface area contributed by atoms with E-state index in [0.717, 1.165) is 29.1 Å². The molecule has 0 fully saturated rings. The lowest BCUT2D eigenvalue weighted by Gasteiger charge is -2.11. The van der Waals surface area contributed by atoms with Gasteiger partial charge in [0.25, 0.3) is 5.69 Å². The smallest absolute Gasteiger partial charge is 0.270 e. The zero-order valence-electron chi connectivity index (χ0n) is 18.7. The number of carbonyl (C=O) groups is 1. The fourth-order valence-electron chi connectivity index (χ4n) is 2.99. The predicted octanol–water partition coefficient (Wildman–Crippen LogP) is 3.05. The van der Waals surface area contributed by atoms with Crippen molar-refractivity contribution in [2.75, 3.05) is 18.9 Å². The molecule has 0 bridgehead atoms. The Morgan fingerprint density at radius 2 is 2.03 bits per heavy atom. The first kappa shape index (κ1) is 24.6. The molecule has 3 aromatic rings. The van der Waals surface area contributed by atoms with Crippen LogP contribution in [0.15, 0.2) is 41.5 Å². The predicted molar refractivity (Wildman–Crippen MR) is 128 cm³/mol. The Labute approximate surface area is 199 Å². The number of hydrazone groups is 1. The minimum Gasteiger partial charge on any atom is -0.490 e. The van der Waals surface area contributed by atoms with Gasteiger partial charge in [-0.25, -0.2) is 5.43 Å². The van der Waals surface area contributed by atoms with Crippen LogP contribution in [0.5, 0.6) is 11.5 Å². The topological polar surface area (TPSA) is 155 Å². The number of nitro benzene ring substituents is 1. The number of non-ortho nitro benzene ring substituents is 1. The molecule has 0 saturated carbocycles. The second kappa shape index (κ2) is 11.7. The molecule has 0 atom stereocenters. The molecule has 0 radical (unpaired) electrons. The van der Waals surface area contributed by atoms with Gasteiger partial charge in [-0.2, -0.15) is 5.10 Å². The molecule has 0 aliphatic rings. The number of amides is 1. The molecule has 0 aliphatic carbocycles. The van der Waals surface area contributed by atoms with Crippen molar-refractivity contribution in [2.45, 2.75) is 26.7 Å². The van der Waals surface area contributed by atoms with Crippen molar-refractivity contribution in [3.05, 3.63) is 68.2 Å². The van der Waals surface area contributed by atoms with E-state index in [4.69, 9.17) is 15.2 Å². The van der Waals surface area contributed by atoms with Crippen LogP contribution in [0.1, 0.15) is 28.6 Å². The van der Waals surface area contributed by atoms with Crippen molar-refractivity contribution in [3.63, 3.8) is 0 Å². The number of rotatable bonds is 11. The Kier molecular flexibility index (Phi) is 8.46. The largest absolute Gasteiger partial charge is 0.490 e. The van der Waals surface area contributed by atoms with Gasteiger partial charge >= 0.3 is 0 Å². The Morgan fingerprint density at radius 1 is 1.24 bits per heavy atom. The van der Waals surface area contributed by atoms with Gasteiger partial charge in [0.15, 0.2) is 0 Å². The first-order chi connectivity index (χ1) is 16.3. The maximum absolute atomic E-state index is 12.0. The van der Waals surface area contributed by atoms with Gasteiger partial charge in [-0.3, -0.25) is 14.9 Å². The zero-order chi connectivity index (χ0) is 24.5. The number of benzene rings is 2. The van der Waals surface area contributed by atoms with Crippen LogP contribution in [0.4, 0.5) is 10.8 Å². The van der Waals surface area contributed by atoms with Crippen LogP contribution < -0.4 is 20.6 Å². The fourth-order valence-corrected chi connectivity index (χ4v) is 3.60. The van der Waals surface area contributed by atoms with Gasteiger partial charge < -0.3 is 15.2 Å². The molecule has 12 heteroatoms. The summed E-state index contributed by atoms with van der Waals surface area (Å²) in [5.74, 6) is 0.687. The van der Waals surface area contributed by atoms with Crippen molar-refractivity contribution in [1.29, 1.82) is 0 Å². The van der Waals surface area contributed by atoms with Crippen molar-refractivity contribution in [1.82, 2.24) is 15.6 Å². The van der Waals surface area contributed by atoms with Crippen molar-refractivity contribution >= 4 is 34.3 Å². The SMILES string of the molecule is CCc1cc(C)cc(OCCOc2ccc([N+](=O)[O-])cc2/C=N/NC(=O)Cc2nnc(N)s2)c1. The van der Waals surface area contributed by atoms with Crippen molar-refractivity contribution in [2.24, 2.45) is 5.10 Å². The van der Waals surface area contributed by atoms with E-state index in [9.17, 15) is 14.9 Å². The summed E-state index contributed by atoms with van der Waals surface area (Å²) in [5, 5.41) is 23.2. The zero-order valence-corrected chi connectivity index (χ0v) is 19.5. The summed E-state index contributed by atoms with van der Waals surface area (Å²) in [7, 11) is 0. The number of ether oxygens (including phenoxy) is 2. The molecule has 1 aromatic heterocycles. The maximum Gasteiger partial charge on any atom is 0.270 e. The number of nitrogens with one attached hydrogen (secondary N) is 1. The molecule has 178 valence electrons. The van der Waals surface area contributed by atoms with E-state index < -0.39 is 10.8 Å². The van der Waals surface area contributed by atoms with E-state index >= 15 is 0 Å². The Bertz CT molecular complexity index is 1200. The number of nitrogen functional groups attached to an aromatic ring is 1. The molecule has 0 aliphatic heterocycles. The van der Waals surface area contributed by atoms with E-state index in [1.165, 1.54) is 30.0 Å². The lowest BCUT2D eigenvalue weighted by atomic mass is 10.1. The van der Waals surface area contributed by atoms with Crippen LogP contribution in [0, 0.1) is 17.0 Å². The first-order valence-corrected chi connectivity index (χ1v) is 11.2. The number of anilines is 1. The monoisotopic (exact) mass is 484 g/mol. The lowest BCUT2D eigenvalue weighted by molar-refractivity contribution is -0.384. The number of nitrogens with two attached hydrogens (primary N) is 1. The minimum atomic E-state index is -0.522. The van der Waals surface area contributed by atoms with Crippen LogP contribution in [0.3, 0.4) is 0 Å². The van der Waals surface area contributed by atoms with Crippen LogP contribution >= 0.6 is 11.3 Å². The van der Waals surface area contributed by atoms with Gasteiger partial charge in [0.2, 0.25) is 11.0 Å². The summed E-state index contributed by atoms with van der Waals surface area (Å²) in [6, 6.07) is 10.2. The molecular formula is C22H24N6O5S. The van der Waals surface area contributed by atoms with Gasteiger partial charge in [0.05, 0.1) is 17.6 Å². The molecule has 0 saturated heterocycles. The van der Waals surface area contributed by atoms with Crippen molar-refractivity contribution < 1.29 is 19.2 Å². The highest BCUT2D eigenvalue weighted by Gasteiger charge is 2.12. The molecule has 34 heavy (non-hydrogen) atoms. The Morgan fingerprint density at radius 3 is 2.74 bits per heavy atom. The molecule has 1 heterocycles. The summed E-state index contributed by atoms with van der Waals surface area (Å²) in [6.07, 6.45) is 2.15. The fraction of sp³-hybridized carbons (Fsp3) is 0.273. The number of aryl methyl sites for hydroxylation is 2. The van der Waals surface area contributed by atoms with E-state index in [0.29, 0.717) is 16.3 Å². The maximum atomic E-state index is 12.0. The van der Waals surface area contributed by atoms with Crippen molar-refractivity contribution in [3.8, 4) is 11.5 Å². The Hall–Kier alpha value is -4.06. The van der Waals surface area contributed by atoms with Gasteiger partial charge in [-0.1, -0.05) is 24.3 Å². The van der Waals surface area contributed by atoms with Gasteiger partial charge in [0.1, 0.15) is 29.7 Å². The number of aromatic nitrogens is 2. The number of hydrogen-bond donors (Lipinski definition) is 2. The lowest BCUT2D eigenvalue weighted by Crippen LogP contribution is -2.19. The quantitative estimate of drug-likeness (QED) is 0.182.